The fourth-order valence-electron chi connectivity index (χ4n) is 5.25. The quantitative estimate of drug-likeness (QED) is 0.149. The van der Waals surface area contributed by atoms with Gasteiger partial charge in [0.25, 0.3) is 10.0 Å². The third kappa shape index (κ3) is 9.24. The van der Waals surface area contributed by atoms with Crippen molar-refractivity contribution in [3.63, 3.8) is 0 Å². The lowest BCUT2D eigenvalue weighted by Gasteiger charge is -2.34. The molecule has 10 nitrogen and oxygen atoms in total. The van der Waals surface area contributed by atoms with E-state index in [1.807, 2.05) is 74.5 Å². The van der Waals surface area contributed by atoms with E-state index >= 15 is 0 Å². The van der Waals surface area contributed by atoms with Crippen molar-refractivity contribution in [3.8, 4) is 17.2 Å². The standard InChI is InChI=1S/C37H42ClN3O7S/c1-6-26(2)39-37(43)32(21-27-13-9-7-10-14-27)40(24-28-15-11-8-12-16-28)36(42)25-41(31-22-29(38)17-19-33(31)46-3)49(44,45)30-18-20-34(47-4)35(23-30)48-5/h7-20,22-23,26,32H,6,21,24-25H2,1-5H3,(H,39,43)/t26-,32-/m1/s1. The van der Waals surface area contributed by atoms with E-state index < -0.39 is 28.5 Å². The van der Waals surface area contributed by atoms with Crippen molar-refractivity contribution < 1.29 is 32.2 Å². The molecule has 0 aliphatic heterocycles. The zero-order valence-electron chi connectivity index (χ0n) is 28.3. The summed E-state index contributed by atoms with van der Waals surface area (Å²) in [5.41, 5.74) is 1.64. The Morgan fingerprint density at radius 2 is 1.39 bits per heavy atom. The molecule has 12 heteroatoms. The van der Waals surface area contributed by atoms with E-state index in [9.17, 15) is 18.0 Å². The van der Waals surface area contributed by atoms with E-state index in [4.69, 9.17) is 25.8 Å². The van der Waals surface area contributed by atoms with E-state index in [1.54, 1.807) is 6.07 Å². The Bertz CT molecular complexity index is 1820. The van der Waals surface area contributed by atoms with Crippen LogP contribution in [-0.2, 0) is 32.6 Å². The summed E-state index contributed by atoms with van der Waals surface area (Å²) in [6.07, 6.45) is 0.882. The first-order valence-electron chi connectivity index (χ1n) is 15.8. The maximum Gasteiger partial charge on any atom is 0.265 e. The van der Waals surface area contributed by atoms with E-state index in [2.05, 4.69) is 5.32 Å². The van der Waals surface area contributed by atoms with Crippen molar-refractivity contribution in [1.29, 1.82) is 0 Å². The van der Waals surface area contributed by atoms with Crippen LogP contribution in [0.3, 0.4) is 0 Å². The van der Waals surface area contributed by atoms with E-state index in [1.165, 1.54) is 56.6 Å². The molecule has 0 saturated carbocycles. The zero-order valence-corrected chi connectivity index (χ0v) is 29.8. The first-order valence-corrected chi connectivity index (χ1v) is 17.6. The first kappa shape index (κ1) is 37.1. The molecule has 260 valence electrons. The molecular formula is C37H42ClN3O7S. The number of nitrogens with one attached hydrogen (secondary N) is 1. The largest absolute Gasteiger partial charge is 0.495 e. The van der Waals surface area contributed by atoms with Crippen LogP contribution in [0.5, 0.6) is 17.2 Å². The number of carbonyl (C=O) groups is 2. The number of benzene rings is 4. The summed E-state index contributed by atoms with van der Waals surface area (Å²) in [5, 5.41) is 3.26. The van der Waals surface area contributed by atoms with Gasteiger partial charge in [0, 0.05) is 30.1 Å². The highest BCUT2D eigenvalue weighted by molar-refractivity contribution is 7.92. The Labute approximate surface area is 293 Å². The van der Waals surface area contributed by atoms with E-state index in [0.717, 1.165) is 15.4 Å². The van der Waals surface area contributed by atoms with Crippen LogP contribution < -0.4 is 23.8 Å². The highest BCUT2D eigenvalue weighted by atomic mass is 35.5. The third-order valence-corrected chi connectivity index (χ3v) is 10.1. The molecule has 49 heavy (non-hydrogen) atoms. The van der Waals surface area contributed by atoms with Crippen LogP contribution >= 0.6 is 11.6 Å². The molecule has 0 aliphatic carbocycles. The first-order chi connectivity index (χ1) is 23.5. The summed E-state index contributed by atoms with van der Waals surface area (Å²) in [6.45, 7) is 3.22. The normalized spacial score (nSPS) is 12.4. The summed E-state index contributed by atoms with van der Waals surface area (Å²) in [6, 6.07) is 26.2. The van der Waals surface area contributed by atoms with Gasteiger partial charge in [-0.05, 0) is 54.8 Å². The van der Waals surface area contributed by atoms with Gasteiger partial charge in [-0.1, -0.05) is 79.2 Å². The van der Waals surface area contributed by atoms with E-state index in [-0.39, 0.29) is 52.0 Å². The van der Waals surface area contributed by atoms with Gasteiger partial charge >= 0.3 is 0 Å². The number of anilines is 1. The molecule has 4 aromatic rings. The second kappa shape index (κ2) is 17.1. The van der Waals surface area contributed by atoms with Crippen LogP contribution in [0.1, 0.15) is 31.4 Å². The zero-order chi connectivity index (χ0) is 35.6. The highest BCUT2D eigenvalue weighted by Crippen LogP contribution is 2.37. The van der Waals surface area contributed by atoms with Gasteiger partial charge < -0.3 is 24.4 Å². The average molecular weight is 708 g/mol. The fourth-order valence-corrected chi connectivity index (χ4v) is 6.85. The lowest BCUT2D eigenvalue weighted by atomic mass is 10.0. The molecule has 0 bridgehead atoms. The molecule has 2 amide bonds. The topological polar surface area (TPSA) is 114 Å². The smallest absolute Gasteiger partial charge is 0.265 e. The average Bonchev–Trinajstić information content (AvgIpc) is 3.12. The molecule has 0 heterocycles. The molecule has 1 N–H and O–H groups in total. The van der Waals surface area contributed by atoms with Crippen LogP contribution in [0.2, 0.25) is 5.02 Å². The second-order valence-corrected chi connectivity index (χ2v) is 13.7. The van der Waals surface area contributed by atoms with Crippen LogP contribution in [-0.4, -0.2) is 65.1 Å². The SMILES string of the molecule is CC[C@@H](C)NC(=O)[C@@H](Cc1ccccc1)N(Cc1ccccc1)C(=O)CN(c1cc(Cl)ccc1OC)S(=O)(=O)c1ccc(OC)c(OC)c1. The molecule has 0 aliphatic rings. The molecule has 0 unspecified atom stereocenters. The van der Waals surface area contributed by atoms with Crippen molar-refractivity contribution in [1.82, 2.24) is 10.2 Å². The van der Waals surface area contributed by atoms with Gasteiger partial charge in [0.2, 0.25) is 11.8 Å². The fraction of sp³-hybridized carbons (Fsp3) is 0.297. The van der Waals surface area contributed by atoms with Gasteiger partial charge in [-0.3, -0.25) is 13.9 Å². The highest BCUT2D eigenvalue weighted by Gasteiger charge is 2.36. The Morgan fingerprint density at radius 3 is 1.98 bits per heavy atom. The van der Waals surface area contributed by atoms with Crippen molar-refractivity contribution in [2.75, 3.05) is 32.2 Å². The Morgan fingerprint density at radius 1 is 0.796 bits per heavy atom. The molecule has 2 atom stereocenters. The Hall–Kier alpha value is -4.74. The molecule has 0 aromatic heterocycles. The number of nitrogens with zero attached hydrogens (tertiary/aromatic N) is 2. The molecule has 0 radical (unpaired) electrons. The van der Waals surface area contributed by atoms with Crippen LogP contribution in [0.15, 0.2) is 102 Å². The van der Waals surface area contributed by atoms with Crippen molar-refractivity contribution >= 4 is 39.1 Å². The van der Waals surface area contributed by atoms with Crippen molar-refractivity contribution in [3.05, 3.63) is 113 Å². The number of carbonyl (C=O) groups excluding carboxylic acids is 2. The maximum absolute atomic E-state index is 14.7. The molecule has 0 saturated heterocycles. The maximum atomic E-state index is 14.7. The van der Waals surface area contributed by atoms with Gasteiger partial charge in [-0.25, -0.2) is 8.42 Å². The minimum atomic E-state index is -4.48. The molecule has 4 rings (SSSR count). The number of hydrogen-bond donors (Lipinski definition) is 1. The lowest BCUT2D eigenvalue weighted by Crippen LogP contribution is -2.54. The lowest BCUT2D eigenvalue weighted by molar-refractivity contribution is -0.140. The molecular weight excluding hydrogens is 666 g/mol. The number of ether oxygens (including phenoxy) is 3. The predicted molar refractivity (Wildman–Crippen MR) is 191 cm³/mol. The third-order valence-electron chi connectivity index (χ3n) is 8.10. The molecule has 0 spiro atoms. The van der Waals surface area contributed by atoms with Crippen LogP contribution in [0.25, 0.3) is 0 Å². The van der Waals surface area contributed by atoms with Crippen LogP contribution in [0, 0.1) is 0 Å². The summed E-state index contributed by atoms with van der Waals surface area (Å²) in [4.78, 5) is 30.0. The minimum Gasteiger partial charge on any atom is -0.495 e. The van der Waals surface area contributed by atoms with Crippen LogP contribution in [0.4, 0.5) is 5.69 Å². The summed E-state index contributed by atoms with van der Waals surface area (Å²) < 4.78 is 46.3. The predicted octanol–water partition coefficient (Wildman–Crippen LogP) is 6.12. The van der Waals surface area contributed by atoms with Gasteiger partial charge in [-0.2, -0.15) is 0 Å². The number of amides is 2. The monoisotopic (exact) mass is 707 g/mol. The van der Waals surface area contributed by atoms with Gasteiger partial charge in [0.1, 0.15) is 18.3 Å². The number of sulfonamides is 1. The minimum absolute atomic E-state index is 0.0430. The van der Waals surface area contributed by atoms with E-state index in [0.29, 0.717) is 12.2 Å². The van der Waals surface area contributed by atoms with Gasteiger partial charge in [0.05, 0.1) is 31.9 Å². The number of halogens is 1. The molecule has 0 fully saturated rings. The molecule has 4 aromatic carbocycles. The van der Waals surface area contributed by atoms with Gasteiger partial charge in [0.15, 0.2) is 11.5 Å². The van der Waals surface area contributed by atoms with Crippen molar-refractivity contribution in [2.24, 2.45) is 0 Å². The summed E-state index contributed by atoms with van der Waals surface area (Å²) in [5.74, 6) is -0.281. The summed E-state index contributed by atoms with van der Waals surface area (Å²) in [7, 11) is -0.244. The Balaban J connectivity index is 1.87. The Kier molecular flexibility index (Phi) is 12.9. The number of methoxy groups -OCH3 is 3. The van der Waals surface area contributed by atoms with Crippen molar-refractivity contribution in [2.45, 2.75) is 50.2 Å². The second-order valence-electron chi connectivity index (χ2n) is 11.4. The van der Waals surface area contributed by atoms with Gasteiger partial charge in [-0.15, -0.1) is 0 Å². The number of hydrogen-bond acceptors (Lipinski definition) is 7. The number of rotatable bonds is 16. The summed E-state index contributed by atoms with van der Waals surface area (Å²) >= 11 is 6.39.